The molecule has 0 radical (unpaired) electrons. The molecule has 1 fully saturated rings. The average Bonchev–Trinajstić information content (AvgIpc) is 3.25. The van der Waals surface area contributed by atoms with Crippen molar-refractivity contribution in [3.8, 4) is 5.75 Å². The molecule has 0 aliphatic carbocycles. The van der Waals surface area contributed by atoms with Gasteiger partial charge in [0, 0.05) is 0 Å². The summed E-state index contributed by atoms with van der Waals surface area (Å²) in [6.07, 6.45) is -1.11. The lowest BCUT2D eigenvalue weighted by Crippen LogP contribution is -2.42. The maximum atomic E-state index is 12.8. The molecule has 9 nitrogen and oxygen atoms in total. The number of nitrogens with one attached hydrogen (secondary N) is 1. The summed E-state index contributed by atoms with van der Waals surface area (Å²) in [5.74, 6) is 0.426. The van der Waals surface area contributed by atoms with E-state index < -0.39 is 29.6 Å². The molecular weight excluding hydrogens is 392 g/mol. The molecule has 0 spiro atoms. The fraction of sp³-hybridized carbons (Fsp3) is 0.381. The van der Waals surface area contributed by atoms with E-state index in [4.69, 9.17) is 13.9 Å². The molecule has 2 N–H and O–H groups in total. The Bertz CT molecular complexity index is 937. The number of carbonyl (C=O) groups excluding carboxylic acids is 3. The summed E-state index contributed by atoms with van der Waals surface area (Å²) in [4.78, 5) is 37.7. The smallest absolute Gasteiger partial charge is 0.338 e. The second kappa shape index (κ2) is 8.58. The van der Waals surface area contributed by atoms with E-state index >= 15 is 0 Å². The van der Waals surface area contributed by atoms with Gasteiger partial charge in [-0.1, -0.05) is 0 Å². The van der Waals surface area contributed by atoms with Crippen LogP contribution in [0, 0.1) is 6.92 Å². The molecule has 3 rings (SSSR count). The number of hydrogen-bond acceptors (Lipinski definition) is 7. The van der Waals surface area contributed by atoms with Gasteiger partial charge in [-0.2, -0.15) is 0 Å². The lowest BCUT2D eigenvalue weighted by atomic mass is 9.99. The lowest BCUT2D eigenvalue weighted by Gasteiger charge is -2.21. The van der Waals surface area contributed by atoms with Crippen LogP contribution < -0.4 is 10.1 Å². The van der Waals surface area contributed by atoms with E-state index in [1.165, 1.54) is 0 Å². The quantitative estimate of drug-likeness (QED) is 0.499. The van der Waals surface area contributed by atoms with Crippen LogP contribution in [0.1, 0.15) is 35.7 Å². The number of carbonyl (C=O) groups is 3. The molecule has 2 unspecified atom stereocenters. The molecule has 1 aliphatic rings. The summed E-state index contributed by atoms with van der Waals surface area (Å²) in [5, 5.41) is 12.9. The number of aliphatic hydroxyl groups excluding tert-OH is 1. The number of amides is 3. The molecule has 0 bridgehead atoms. The van der Waals surface area contributed by atoms with Gasteiger partial charge in [0.1, 0.15) is 30.0 Å². The highest BCUT2D eigenvalue weighted by Crippen LogP contribution is 2.30. The predicted octanol–water partition coefficient (Wildman–Crippen LogP) is 1.97. The Morgan fingerprint density at radius 1 is 1.23 bits per heavy atom. The normalized spacial score (nSPS) is 19.5. The van der Waals surface area contributed by atoms with Crippen molar-refractivity contribution in [1.29, 1.82) is 0 Å². The highest BCUT2D eigenvalue weighted by atomic mass is 16.5. The van der Waals surface area contributed by atoms with Crippen molar-refractivity contribution in [2.75, 3.05) is 19.8 Å². The molecule has 1 aromatic carbocycles. The van der Waals surface area contributed by atoms with Gasteiger partial charge in [-0.3, -0.25) is 9.69 Å². The van der Waals surface area contributed by atoms with Crippen LogP contribution in [0.2, 0.25) is 0 Å². The first kappa shape index (κ1) is 21.4. The van der Waals surface area contributed by atoms with Crippen LogP contribution >= 0.6 is 0 Å². The van der Waals surface area contributed by atoms with Crippen LogP contribution in [-0.4, -0.2) is 53.8 Å². The van der Waals surface area contributed by atoms with Crippen LogP contribution in [0.3, 0.4) is 0 Å². The minimum Gasteiger partial charge on any atom is -0.491 e. The Morgan fingerprint density at radius 2 is 1.93 bits per heavy atom. The van der Waals surface area contributed by atoms with Gasteiger partial charge in [0.25, 0.3) is 5.91 Å². The highest BCUT2D eigenvalue weighted by Gasteiger charge is 2.51. The number of rotatable bonds is 8. The molecule has 1 aromatic heterocycles. The zero-order chi connectivity index (χ0) is 21.9. The topological polar surface area (TPSA) is 118 Å². The summed E-state index contributed by atoms with van der Waals surface area (Å²) in [5.41, 5.74) is -0.939. The number of hydrogen-bond donors (Lipinski definition) is 2. The largest absolute Gasteiger partial charge is 0.491 e. The Labute approximate surface area is 173 Å². The van der Waals surface area contributed by atoms with Gasteiger partial charge in [0.2, 0.25) is 0 Å². The number of benzene rings is 1. The fourth-order valence-corrected chi connectivity index (χ4v) is 3.09. The molecule has 160 valence electrons. The maximum absolute atomic E-state index is 12.8. The number of imide groups is 1. The Kier molecular flexibility index (Phi) is 6.12. The third-order valence-corrected chi connectivity index (χ3v) is 4.71. The number of esters is 1. The van der Waals surface area contributed by atoms with Crippen LogP contribution in [-0.2, 0) is 15.1 Å². The number of nitrogens with zero attached hydrogens (tertiary/aromatic N) is 1. The first-order chi connectivity index (χ1) is 14.2. The number of β-amino-alcohol motifs (C(OH)–C–C–N with tert-alkyl or cyclic N) is 1. The second-order valence-electron chi connectivity index (χ2n) is 7.09. The minimum absolute atomic E-state index is 0.146. The fourth-order valence-electron chi connectivity index (χ4n) is 3.09. The van der Waals surface area contributed by atoms with Gasteiger partial charge in [0.05, 0.1) is 18.7 Å². The molecule has 9 heteroatoms. The van der Waals surface area contributed by atoms with Gasteiger partial charge in [-0.25, -0.2) is 9.59 Å². The van der Waals surface area contributed by atoms with Gasteiger partial charge in [-0.05, 0) is 57.2 Å². The summed E-state index contributed by atoms with van der Waals surface area (Å²) in [7, 11) is 0. The van der Waals surface area contributed by atoms with Gasteiger partial charge < -0.3 is 24.3 Å². The Morgan fingerprint density at radius 3 is 2.53 bits per heavy atom. The van der Waals surface area contributed by atoms with E-state index in [9.17, 15) is 19.5 Å². The molecular formula is C21H24N2O7. The van der Waals surface area contributed by atoms with Crippen LogP contribution in [0.15, 0.2) is 40.8 Å². The van der Waals surface area contributed by atoms with Crippen LogP contribution in [0.5, 0.6) is 5.75 Å². The van der Waals surface area contributed by atoms with Crippen molar-refractivity contribution in [2.45, 2.75) is 32.4 Å². The molecule has 2 aromatic rings. The number of ether oxygens (including phenoxy) is 2. The first-order valence-electron chi connectivity index (χ1n) is 9.53. The number of aliphatic hydroxyl groups is 1. The third-order valence-electron chi connectivity index (χ3n) is 4.71. The summed E-state index contributed by atoms with van der Waals surface area (Å²) < 4.78 is 15.9. The summed E-state index contributed by atoms with van der Waals surface area (Å²) in [6.45, 7) is 4.92. The summed E-state index contributed by atoms with van der Waals surface area (Å²) >= 11 is 0. The van der Waals surface area contributed by atoms with Crippen molar-refractivity contribution in [3.63, 3.8) is 0 Å². The average molecular weight is 416 g/mol. The van der Waals surface area contributed by atoms with E-state index in [2.05, 4.69) is 5.32 Å². The lowest BCUT2D eigenvalue weighted by molar-refractivity contribution is -0.132. The van der Waals surface area contributed by atoms with E-state index in [1.807, 2.05) is 0 Å². The SMILES string of the molecule is CCOC(=O)c1ccc(OCC(O)CN2C(=O)NC(C)(c3ccc(C)o3)C2=O)cc1. The maximum Gasteiger partial charge on any atom is 0.338 e. The molecule has 2 heterocycles. The van der Waals surface area contributed by atoms with E-state index in [0.717, 1.165) is 4.90 Å². The third kappa shape index (κ3) is 4.30. The highest BCUT2D eigenvalue weighted by molar-refractivity contribution is 6.06. The number of urea groups is 1. The van der Waals surface area contributed by atoms with Gasteiger partial charge >= 0.3 is 12.0 Å². The van der Waals surface area contributed by atoms with Crippen LogP contribution in [0.4, 0.5) is 4.79 Å². The van der Waals surface area contributed by atoms with Crippen molar-refractivity contribution >= 4 is 17.9 Å². The monoisotopic (exact) mass is 416 g/mol. The Hall–Kier alpha value is -3.33. The second-order valence-corrected chi connectivity index (χ2v) is 7.09. The van der Waals surface area contributed by atoms with Gasteiger partial charge in [0.15, 0.2) is 5.54 Å². The van der Waals surface area contributed by atoms with Gasteiger partial charge in [-0.15, -0.1) is 0 Å². The van der Waals surface area contributed by atoms with Crippen LogP contribution in [0.25, 0.3) is 0 Å². The molecule has 2 atom stereocenters. The predicted molar refractivity (Wildman–Crippen MR) is 105 cm³/mol. The molecule has 3 amide bonds. The zero-order valence-corrected chi connectivity index (χ0v) is 17.0. The summed E-state index contributed by atoms with van der Waals surface area (Å²) in [6, 6.07) is 8.97. The Balaban J connectivity index is 1.57. The standard InChI is InChI=1S/C21H24N2O7/c1-4-28-18(25)14-6-8-16(9-7-14)29-12-15(24)11-23-19(26)21(3,22-20(23)27)17-10-5-13(2)30-17/h5-10,15,24H,4,11-12H2,1-3H3,(H,22,27). The zero-order valence-electron chi connectivity index (χ0n) is 17.0. The molecule has 0 saturated carbocycles. The van der Waals surface area contributed by atoms with E-state index in [0.29, 0.717) is 22.8 Å². The number of aryl methyl sites for hydroxylation is 1. The van der Waals surface area contributed by atoms with Crippen molar-refractivity contribution in [2.24, 2.45) is 0 Å². The minimum atomic E-state index is -1.32. The van der Waals surface area contributed by atoms with Crippen molar-refractivity contribution in [1.82, 2.24) is 10.2 Å². The molecule has 30 heavy (non-hydrogen) atoms. The first-order valence-corrected chi connectivity index (χ1v) is 9.53. The van der Waals surface area contributed by atoms with Crippen molar-refractivity contribution < 1.29 is 33.4 Å². The van der Waals surface area contributed by atoms with E-state index in [-0.39, 0.29) is 19.8 Å². The molecule has 1 aliphatic heterocycles. The van der Waals surface area contributed by atoms with Crippen molar-refractivity contribution in [3.05, 3.63) is 53.5 Å². The van der Waals surface area contributed by atoms with E-state index in [1.54, 1.807) is 57.2 Å². The molecule has 1 saturated heterocycles. The number of furan rings is 1.